The highest BCUT2D eigenvalue weighted by molar-refractivity contribution is 7.89. The summed E-state index contributed by atoms with van der Waals surface area (Å²) in [5.41, 5.74) is 0.447. The molecule has 0 spiro atoms. The molecule has 132 valence electrons. The van der Waals surface area contributed by atoms with Crippen LogP contribution < -0.4 is 10.6 Å². The molecule has 0 aliphatic heterocycles. The van der Waals surface area contributed by atoms with Crippen molar-refractivity contribution in [2.75, 3.05) is 26.7 Å². The Hall–Kier alpha value is -1.15. The van der Waals surface area contributed by atoms with Gasteiger partial charge in [-0.25, -0.2) is 8.42 Å². The molecule has 0 aromatic heterocycles. The van der Waals surface area contributed by atoms with Crippen LogP contribution in [0.5, 0.6) is 0 Å². The summed E-state index contributed by atoms with van der Waals surface area (Å²) < 4.78 is 25.9. The largest absolute Gasteiger partial charge is 0.351 e. The van der Waals surface area contributed by atoms with E-state index in [1.54, 1.807) is 7.05 Å². The summed E-state index contributed by atoms with van der Waals surface area (Å²) in [6.45, 7) is 7.70. The number of nitrogens with zero attached hydrogens (tertiary/aromatic N) is 1. The molecule has 0 atom stereocenters. The Kier molecular flexibility index (Phi) is 9.38. The highest BCUT2D eigenvalue weighted by Crippen LogP contribution is 2.17. The molecule has 6 nitrogen and oxygen atoms in total. The third-order valence-electron chi connectivity index (χ3n) is 3.36. The zero-order valence-corrected chi connectivity index (χ0v) is 15.6. The summed E-state index contributed by atoms with van der Waals surface area (Å²) in [5, 5.41) is 5.88. The minimum absolute atomic E-state index is 0. The van der Waals surface area contributed by atoms with Crippen molar-refractivity contribution in [2.24, 2.45) is 0 Å². The van der Waals surface area contributed by atoms with E-state index in [1.807, 2.05) is 20.8 Å². The van der Waals surface area contributed by atoms with E-state index in [9.17, 15) is 13.2 Å². The van der Waals surface area contributed by atoms with Crippen LogP contribution in [0.15, 0.2) is 29.2 Å². The lowest BCUT2D eigenvalue weighted by molar-refractivity contribution is 0.0954. The number of likely N-dealkylation sites (N-methyl/N-ethyl adjacent to an activating group) is 1. The van der Waals surface area contributed by atoms with E-state index in [-0.39, 0.29) is 29.3 Å². The zero-order valence-electron chi connectivity index (χ0n) is 14.0. The number of nitrogens with one attached hydrogen (secondary N) is 2. The van der Waals surface area contributed by atoms with Gasteiger partial charge < -0.3 is 10.6 Å². The van der Waals surface area contributed by atoms with Crippen LogP contribution in [0.2, 0.25) is 0 Å². The average Bonchev–Trinajstić information content (AvgIpc) is 2.50. The van der Waals surface area contributed by atoms with E-state index in [4.69, 9.17) is 0 Å². The Morgan fingerprint density at radius 2 is 1.74 bits per heavy atom. The molecule has 0 fully saturated rings. The van der Waals surface area contributed by atoms with Gasteiger partial charge in [-0.3, -0.25) is 4.79 Å². The van der Waals surface area contributed by atoms with E-state index >= 15 is 0 Å². The standard InChI is InChI=1S/C15H25N3O3S.ClH/c1-5-16-10-11-17-15(19)13-6-8-14(9-7-13)22(20,21)18(4)12(2)3;/h6-9,12,16H,5,10-11H2,1-4H3,(H,17,19);1H. The topological polar surface area (TPSA) is 78.5 Å². The van der Waals surface area contributed by atoms with Gasteiger partial charge in [-0.2, -0.15) is 4.31 Å². The smallest absolute Gasteiger partial charge is 0.251 e. The van der Waals surface area contributed by atoms with Crippen LogP contribution >= 0.6 is 12.4 Å². The Morgan fingerprint density at radius 3 is 2.22 bits per heavy atom. The van der Waals surface area contributed by atoms with Gasteiger partial charge in [-0.05, 0) is 44.7 Å². The monoisotopic (exact) mass is 363 g/mol. The van der Waals surface area contributed by atoms with E-state index in [0.29, 0.717) is 18.7 Å². The molecular formula is C15H26ClN3O3S. The highest BCUT2D eigenvalue weighted by Gasteiger charge is 2.23. The van der Waals surface area contributed by atoms with Gasteiger partial charge in [0.05, 0.1) is 4.90 Å². The second-order valence-corrected chi connectivity index (χ2v) is 7.25. The van der Waals surface area contributed by atoms with Gasteiger partial charge in [0, 0.05) is 31.7 Å². The molecular weight excluding hydrogens is 338 g/mol. The predicted molar refractivity (Wildman–Crippen MR) is 94.7 cm³/mol. The van der Waals surface area contributed by atoms with Crippen molar-refractivity contribution in [3.63, 3.8) is 0 Å². The molecule has 0 radical (unpaired) electrons. The Bertz CT molecular complexity index is 588. The van der Waals surface area contributed by atoms with E-state index in [0.717, 1.165) is 6.54 Å². The lowest BCUT2D eigenvalue weighted by Crippen LogP contribution is -2.33. The van der Waals surface area contributed by atoms with Crippen LogP contribution in [0.1, 0.15) is 31.1 Å². The summed E-state index contributed by atoms with van der Waals surface area (Å²) in [6, 6.07) is 5.87. The molecule has 0 bridgehead atoms. The molecule has 0 saturated heterocycles. The van der Waals surface area contributed by atoms with Crippen molar-refractivity contribution in [1.29, 1.82) is 0 Å². The third kappa shape index (κ3) is 6.10. The molecule has 1 rings (SSSR count). The second kappa shape index (κ2) is 9.87. The van der Waals surface area contributed by atoms with Crippen molar-refractivity contribution in [1.82, 2.24) is 14.9 Å². The van der Waals surface area contributed by atoms with Gasteiger partial charge >= 0.3 is 0 Å². The number of halogens is 1. The maximum absolute atomic E-state index is 12.3. The minimum atomic E-state index is -3.51. The molecule has 1 aromatic rings. The fourth-order valence-corrected chi connectivity index (χ4v) is 3.13. The van der Waals surface area contributed by atoms with E-state index in [1.165, 1.54) is 28.6 Å². The first-order valence-electron chi connectivity index (χ1n) is 7.37. The Labute approximate surface area is 145 Å². The minimum Gasteiger partial charge on any atom is -0.351 e. The summed E-state index contributed by atoms with van der Waals surface area (Å²) in [4.78, 5) is 12.1. The molecule has 1 amide bonds. The zero-order chi connectivity index (χ0) is 16.8. The molecule has 23 heavy (non-hydrogen) atoms. The fraction of sp³-hybridized carbons (Fsp3) is 0.533. The first-order valence-corrected chi connectivity index (χ1v) is 8.81. The van der Waals surface area contributed by atoms with Crippen LogP contribution in [0.4, 0.5) is 0 Å². The van der Waals surface area contributed by atoms with Gasteiger partial charge in [0.15, 0.2) is 0 Å². The van der Waals surface area contributed by atoms with E-state index in [2.05, 4.69) is 10.6 Å². The van der Waals surface area contributed by atoms with Crippen LogP contribution in [0, 0.1) is 0 Å². The number of hydrogen-bond donors (Lipinski definition) is 2. The van der Waals surface area contributed by atoms with Crippen LogP contribution in [0.25, 0.3) is 0 Å². The Balaban J connectivity index is 0.00000484. The molecule has 2 N–H and O–H groups in total. The second-order valence-electron chi connectivity index (χ2n) is 5.25. The molecule has 0 unspecified atom stereocenters. The Morgan fingerprint density at radius 1 is 1.17 bits per heavy atom. The van der Waals surface area contributed by atoms with Crippen molar-refractivity contribution >= 4 is 28.3 Å². The molecule has 0 aliphatic rings. The predicted octanol–water partition coefficient (Wildman–Crippen LogP) is 1.48. The summed E-state index contributed by atoms with van der Waals surface area (Å²) in [5.74, 6) is -0.209. The quantitative estimate of drug-likeness (QED) is 0.686. The number of benzene rings is 1. The summed E-state index contributed by atoms with van der Waals surface area (Å²) >= 11 is 0. The summed E-state index contributed by atoms with van der Waals surface area (Å²) in [6.07, 6.45) is 0. The van der Waals surface area contributed by atoms with Crippen molar-refractivity contribution in [3.05, 3.63) is 29.8 Å². The first kappa shape index (κ1) is 21.9. The van der Waals surface area contributed by atoms with Gasteiger partial charge in [-0.15, -0.1) is 12.4 Å². The maximum atomic E-state index is 12.3. The van der Waals surface area contributed by atoms with Crippen molar-refractivity contribution in [2.45, 2.75) is 31.7 Å². The highest BCUT2D eigenvalue weighted by atomic mass is 35.5. The third-order valence-corrected chi connectivity index (χ3v) is 5.41. The number of amides is 1. The lowest BCUT2D eigenvalue weighted by Gasteiger charge is -2.21. The molecule has 1 aromatic carbocycles. The van der Waals surface area contributed by atoms with Gasteiger partial charge in [-0.1, -0.05) is 6.92 Å². The number of carbonyl (C=O) groups is 1. The normalized spacial score (nSPS) is 11.4. The number of rotatable bonds is 8. The molecule has 0 saturated carbocycles. The fourth-order valence-electron chi connectivity index (χ4n) is 1.77. The van der Waals surface area contributed by atoms with Crippen LogP contribution in [-0.4, -0.2) is 51.4 Å². The van der Waals surface area contributed by atoms with Crippen molar-refractivity contribution in [3.8, 4) is 0 Å². The molecule has 0 heterocycles. The van der Waals surface area contributed by atoms with Crippen LogP contribution in [-0.2, 0) is 10.0 Å². The summed E-state index contributed by atoms with van der Waals surface area (Å²) in [7, 11) is -1.97. The van der Waals surface area contributed by atoms with Crippen LogP contribution in [0.3, 0.4) is 0 Å². The van der Waals surface area contributed by atoms with Gasteiger partial charge in [0.1, 0.15) is 0 Å². The van der Waals surface area contributed by atoms with Crippen molar-refractivity contribution < 1.29 is 13.2 Å². The van der Waals surface area contributed by atoms with E-state index < -0.39 is 10.0 Å². The maximum Gasteiger partial charge on any atom is 0.251 e. The lowest BCUT2D eigenvalue weighted by atomic mass is 10.2. The first-order chi connectivity index (χ1) is 10.3. The molecule has 0 aliphatic carbocycles. The number of carbonyl (C=O) groups excluding carboxylic acids is 1. The molecule has 8 heteroatoms. The van der Waals surface area contributed by atoms with Gasteiger partial charge in [0.2, 0.25) is 10.0 Å². The number of hydrogen-bond acceptors (Lipinski definition) is 4. The average molecular weight is 364 g/mol. The SMILES string of the molecule is CCNCCNC(=O)c1ccc(S(=O)(=O)N(C)C(C)C)cc1.Cl. The van der Waals surface area contributed by atoms with Gasteiger partial charge in [0.25, 0.3) is 5.91 Å². The number of sulfonamides is 1.